The molecule has 0 fully saturated rings. The zero-order valence-corrected chi connectivity index (χ0v) is 13.0. The molecule has 0 saturated carbocycles. The largest absolute Gasteiger partial charge is 0.496 e. The van der Waals surface area contributed by atoms with Crippen LogP contribution in [0, 0.1) is 6.92 Å². The standard InChI is InChI=1S/C15H13BrClNO/c1-10-3-5-12(8-14(10)17)18-9-11-4-6-15(19-2)13(16)7-11/h3-9H,1-2H3. The number of halogens is 2. The highest BCUT2D eigenvalue weighted by Crippen LogP contribution is 2.26. The van der Waals surface area contributed by atoms with Gasteiger partial charge in [0.2, 0.25) is 0 Å². The third kappa shape index (κ3) is 3.58. The summed E-state index contributed by atoms with van der Waals surface area (Å²) in [5, 5.41) is 0.727. The number of hydrogen-bond acceptors (Lipinski definition) is 2. The molecule has 0 atom stereocenters. The Bertz CT molecular complexity index is 626. The lowest BCUT2D eigenvalue weighted by Crippen LogP contribution is -1.86. The molecule has 2 aromatic rings. The summed E-state index contributed by atoms with van der Waals surface area (Å²) in [5.74, 6) is 0.801. The Balaban J connectivity index is 2.22. The lowest BCUT2D eigenvalue weighted by molar-refractivity contribution is 0.412. The van der Waals surface area contributed by atoms with Crippen LogP contribution in [0.25, 0.3) is 0 Å². The first-order valence-corrected chi connectivity index (χ1v) is 6.91. The summed E-state index contributed by atoms with van der Waals surface area (Å²) in [6, 6.07) is 11.6. The highest BCUT2D eigenvalue weighted by Gasteiger charge is 2.00. The van der Waals surface area contributed by atoms with Crippen LogP contribution in [0.2, 0.25) is 5.02 Å². The monoisotopic (exact) mass is 337 g/mol. The Morgan fingerprint density at radius 2 is 2.00 bits per heavy atom. The van der Waals surface area contributed by atoms with Crippen LogP contribution in [0.15, 0.2) is 45.9 Å². The van der Waals surface area contributed by atoms with E-state index in [0.717, 1.165) is 32.1 Å². The third-order valence-electron chi connectivity index (χ3n) is 2.69. The summed E-state index contributed by atoms with van der Waals surface area (Å²) < 4.78 is 6.09. The summed E-state index contributed by atoms with van der Waals surface area (Å²) in [6.07, 6.45) is 1.80. The van der Waals surface area contributed by atoms with Gasteiger partial charge in [0.05, 0.1) is 17.3 Å². The predicted octanol–water partition coefficient (Wildman–Crippen LogP) is 5.17. The molecular weight excluding hydrogens is 326 g/mol. The molecule has 4 heteroatoms. The number of methoxy groups -OCH3 is 1. The molecular formula is C15H13BrClNO. The van der Waals surface area contributed by atoms with E-state index < -0.39 is 0 Å². The van der Waals surface area contributed by atoms with Crippen LogP contribution in [0.3, 0.4) is 0 Å². The van der Waals surface area contributed by atoms with E-state index >= 15 is 0 Å². The molecule has 98 valence electrons. The van der Waals surface area contributed by atoms with Gasteiger partial charge in [0, 0.05) is 11.2 Å². The van der Waals surface area contributed by atoms with Crippen molar-refractivity contribution in [2.45, 2.75) is 6.92 Å². The molecule has 0 aliphatic rings. The quantitative estimate of drug-likeness (QED) is 0.707. The van der Waals surface area contributed by atoms with Gasteiger partial charge in [-0.05, 0) is 64.3 Å². The smallest absolute Gasteiger partial charge is 0.133 e. The topological polar surface area (TPSA) is 21.6 Å². The molecule has 0 heterocycles. The minimum absolute atomic E-state index is 0.727. The van der Waals surface area contributed by atoms with E-state index in [-0.39, 0.29) is 0 Å². The van der Waals surface area contributed by atoms with Gasteiger partial charge in [0.1, 0.15) is 5.75 Å². The fourth-order valence-electron chi connectivity index (χ4n) is 1.57. The average molecular weight is 339 g/mol. The van der Waals surface area contributed by atoms with Crippen molar-refractivity contribution >= 4 is 39.4 Å². The van der Waals surface area contributed by atoms with Crippen molar-refractivity contribution in [1.29, 1.82) is 0 Å². The summed E-state index contributed by atoms with van der Waals surface area (Å²) in [4.78, 5) is 4.40. The molecule has 0 aliphatic carbocycles. The van der Waals surface area contributed by atoms with Crippen molar-refractivity contribution in [2.24, 2.45) is 4.99 Å². The maximum atomic E-state index is 6.06. The summed E-state index contributed by atoms with van der Waals surface area (Å²) in [7, 11) is 1.64. The Morgan fingerprint density at radius 3 is 2.63 bits per heavy atom. The highest BCUT2D eigenvalue weighted by molar-refractivity contribution is 9.10. The van der Waals surface area contributed by atoms with Crippen molar-refractivity contribution < 1.29 is 4.74 Å². The number of hydrogen-bond donors (Lipinski definition) is 0. The Morgan fingerprint density at radius 1 is 1.21 bits per heavy atom. The molecule has 0 N–H and O–H groups in total. The number of aryl methyl sites for hydroxylation is 1. The van der Waals surface area contributed by atoms with Crippen LogP contribution in [0.5, 0.6) is 5.75 Å². The van der Waals surface area contributed by atoms with E-state index in [9.17, 15) is 0 Å². The number of aliphatic imine (C=N–C) groups is 1. The van der Waals surface area contributed by atoms with Crippen LogP contribution < -0.4 is 4.74 Å². The minimum Gasteiger partial charge on any atom is -0.496 e. The second-order valence-corrected chi connectivity index (χ2v) is 5.35. The normalized spacial score (nSPS) is 10.9. The van der Waals surface area contributed by atoms with Crippen molar-refractivity contribution in [2.75, 3.05) is 7.11 Å². The Hall–Kier alpha value is -1.32. The summed E-state index contributed by atoms with van der Waals surface area (Å²) in [5.41, 5.74) is 2.87. The van der Waals surface area contributed by atoms with Crippen molar-refractivity contribution in [1.82, 2.24) is 0 Å². The molecule has 2 aromatic carbocycles. The molecule has 0 unspecified atom stereocenters. The van der Waals surface area contributed by atoms with Crippen molar-refractivity contribution in [3.63, 3.8) is 0 Å². The predicted molar refractivity (Wildman–Crippen MR) is 84.1 cm³/mol. The SMILES string of the molecule is COc1ccc(C=Nc2ccc(C)c(Cl)c2)cc1Br. The Kier molecular flexibility index (Phi) is 4.61. The van der Waals surface area contributed by atoms with Gasteiger partial charge in [0.15, 0.2) is 0 Å². The van der Waals surface area contributed by atoms with E-state index in [1.807, 2.05) is 43.3 Å². The zero-order chi connectivity index (χ0) is 13.8. The van der Waals surface area contributed by atoms with Gasteiger partial charge in [0.25, 0.3) is 0 Å². The van der Waals surface area contributed by atoms with Gasteiger partial charge < -0.3 is 4.74 Å². The summed E-state index contributed by atoms with van der Waals surface area (Å²) >= 11 is 9.51. The van der Waals surface area contributed by atoms with Crippen molar-refractivity contribution in [3.05, 3.63) is 57.0 Å². The third-order valence-corrected chi connectivity index (χ3v) is 3.72. The highest BCUT2D eigenvalue weighted by atomic mass is 79.9. The second kappa shape index (κ2) is 6.22. The van der Waals surface area contributed by atoms with Crippen LogP contribution in [0.1, 0.15) is 11.1 Å². The van der Waals surface area contributed by atoms with E-state index in [4.69, 9.17) is 16.3 Å². The first-order chi connectivity index (χ1) is 9.10. The van der Waals surface area contributed by atoms with E-state index in [1.165, 1.54) is 0 Å². The first kappa shape index (κ1) is 14.1. The van der Waals surface area contributed by atoms with E-state index in [2.05, 4.69) is 20.9 Å². The number of ether oxygens (including phenoxy) is 1. The van der Waals surface area contributed by atoms with Crippen LogP contribution in [-0.2, 0) is 0 Å². The van der Waals surface area contributed by atoms with Gasteiger partial charge in [-0.15, -0.1) is 0 Å². The molecule has 2 nitrogen and oxygen atoms in total. The zero-order valence-electron chi connectivity index (χ0n) is 10.7. The van der Waals surface area contributed by atoms with Gasteiger partial charge >= 0.3 is 0 Å². The Labute approximate surface area is 126 Å². The van der Waals surface area contributed by atoms with Gasteiger partial charge in [-0.2, -0.15) is 0 Å². The number of benzene rings is 2. The van der Waals surface area contributed by atoms with E-state index in [0.29, 0.717) is 0 Å². The van der Waals surface area contributed by atoms with Gasteiger partial charge in [-0.25, -0.2) is 0 Å². The maximum absolute atomic E-state index is 6.06. The molecule has 0 bridgehead atoms. The van der Waals surface area contributed by atoms with Gasteiger partial charge in [-0.3, -0.25) is 4.99 Å². The molecule has 0 amide bonds. The molecule has 19 heavy (non-hydrogen) atoms. The van der Waals surface area contributed by atoms with Crippen LogP contribution in [0.4, 0.5) is 5.69 Å². The average Bonchev–Trinajstić information content (AvgIpc) is 2.40. The summed E-state index contributed by atoms with van der Waals surface area (Å²) in [6.45, 7) is 1.97. The molecule has 0 radical (unpaired) electrons. The molecule has 0 aliphatic heterocycles. The number of nitrogens with zero attached hydrogens (tertiary/aromatic N) is 1. The van der Waals surface area contributed by atoms with Crippen LogP contribution >= 0.6 is 27.5 Å². The lowest BCUT2D eigenvalue weighted by Gasteiger charge is -2.03. The molecule has 0 spiro atoms. The molecule has 0 saturated heterocycles. The van der Waals surface area contributed by atoms with Crippen LogP contribution in [-0.4, -0.2) is 13.3 Å². The minimum atomic E-state index is 0.727. The fraction of sp³-hybridized carbons (Fsp3) is 0.133. The fourth-order valence-corrected chi connectivity index (χ4v) is 2.31. The number of rotatable bonds is 3. The molecule has 2 rings (SSSR count). The second-order valence-electron chi connectivity index (χ2n) is 4.09. The first-order valence-electron chi connectivity index (χ1n) is 5.74. The van der Waals surface area contributed by atoms with Gasteiger partial charge in [-0.1, -0.05) is 17.7 Å². The molecule has 0 aromatic heterocycles. The maximum Gasteiger partial charge on any atom is 0.133 e. The van der Waals surface area contributed by atoms with Crippen molar-refractivity contribution in [3.8, 4) is 5.75 Å². The van der Waals surface area contributed by atoms with E-state index in [1.54, 1.807) is 13.3 Å². The lowest BCUT2D eigenvalue weighted by atomic mass is 10.2.